The van der Waals surface area contributed by atoms with Crippen LogP contribution in [0.25, 0.3) is 0 Å². The van der Waals surface area contributed by atoms with Crippen molar-refractivity contribution in [1.82, 2.24) is 15.3 Å². The first-order valence-electron chi connectivity index (χ1n) is 6.64. The van der Waals surface area contributed by atoms with E-state index in [0.717, 1.165) is 38.0 Å². The van der Waals surface area contributed by atoms with E-state index in [2.05, 4.69) is 22.2 Å². The lowest BCUT2D eigenvalue weighted by Gasteiger charge is -2.22. The van der Waals surface area contributed by atoms with E-state index in [0.29, 0.717) is 18.5 Å². The molecular weight excluding hydrogens is 230 g/mol. The Morgan fingerprint density at radius 2 is 2.33 bits per heavy atom. The minimum Gasteiger partial charge on any atom is -0.478 e. The van der Waals surface area contributed by atoms with Gasteiger partial charge in [0, 0.05) is 18.3 Å². The van der Waals surface area contributed by atoms with E-state index in [4.69, 9.17) is 9.47 Å². The Labute approximate surface area is 108 Å². The summed E-state index contributed by atoms with van der Waals surface area (Å²) in [5.41, 5.74) is 0.870. The summed E-state index contributed by atoms with van der Waals surface area (Å²) in [5, 5.41) is 3.31. The van der Waals surface area contributed by atoms with E-state index in [9.17, 15) is 0 Å². The second-order valence-electron chi connectivity index (χ2n) is 4.56. The maximum absolute atomic E-state index is 5.79. The van der Waals surface area contributed by atoms with E-state index in [-0.39, 0.29) is 6.10 Å². The number of aryl methyl sites for hydroxylation is 1. The quantitative estimate of drug-likeness (QED) is 0.863. The van der Waals surface area contributed by atoms with Crippen LogP contribution in [-0.2, 0) is 0 Å². The van der Waals surface area contributed by atoms with Crippen LogP contribution in [0.2, 0.25) is 0 Å². The predicted octanol–water partition coefficient (Wildman–Crippen LogP) is 1.70. The fraction of sp³-hybridized carbons (Fsp3) is 0.692. The third-order valence-electron chi connectivity index (χ3n) is 2.79. The van der Waals surface area contributed by atoms with Crippen LogP contribution >= 0.6 is 0 Å². The Kier molecular flexibility index (Phi) is 4.75. The van der Waals surface area contributed by atoms with Gasteiger partial charge in [-0.15, -0.1) is 0 Å². The van der Waals surface area contributed by atoms with Crippen molar-refractivity contribution >= 4 is 0 Å². The van der Waals surface area contributed by atoms with Crippen molar-refractivity contribution < 1.29 is 9.47 Å². The maximum atomic E-state index is 5.79. The molecule has 0 aromatic carbocycles. The highest BCUT2D eigenvalue weighted by molar-refractivity contribution is 5.17. The van der Waals surface area contributed by atoms with Crippen LogP contribution in [0.1, 0.15) is 31.9 Å². The molecule has 2 heterocycles. The number of aromatic nitrogens is 2. The van der Waals surface area contributed by atoms with Crippen LogP contribution in [0.15, 0.2) is 6.07 Å². The summed E-state index contributed by atoms with van der Waals surface area (Å²) in [6.07, 6.45) is 3.32. The minimum atomic E-state index is 0.166. The van der Waals surface area contributed by atoms with Gasteiger partial charge in [-0.2, -0.15) is 4.98 Å². The first-order valence-corrected chi connectivity index (χ1v) is 6.64. The van der Waals surface area contributed by atoms with Crippen LogP contribution in [0, 0.1) is 6.92 Å². The molecule has 5 nitrogen and oxygen atoms in total. The van der Waals surface area contributed by atoms with Gasteiger partial charge in [0.2, 0.25) is 5.88 Å². The molecule has 0 spiro atoms. The van der Waals surface area contributed by atoms with Gasteiger partial charge in [0.1, 0.15) is 6.10 Å². The van der Waals surface area contributed by atoms with Gasteiger partial charge in [-0.25, -0.2) is 4.98 Å². The Hall–Kier alpha value is -1.36. The van der Waals surface area contributed by atoms with Gasteiger partial charge in [0.15, 0.2) is 0 Å². The number of ether oxygens (including phenoxy) is 2. The Morgan fingerprint density at radius 1 is 1.44 bits per heavy atom. The van der Waals surface area contributed by atoms with Crippen LogP contribution in [0.3, 0.4) is 0 Å². The van der Waals surface area contributed by atoms with E-state index in [1.165, 1.54) is 0 Å². The van der Waals surface area contributed by atoms with Crippen molar-refractivity contribution in [3.8, 4) is 11.9 Å². The maximum Gasteiger partial charge on any atom is 0.320 e. The number of nitrogens with zero attached hydrogens (tertiary/aromatic N) is 2. The summed E-state index contributed by atoms with van der Waals surface area (Å²) in [6, 6.07) is 2.26. The van der Waals surface area contributed by atoms with Gasteiger partial charge in [-0.3, -0.25) is 0 Å². The Balaban J connectivity index is 1.99. The summed E-state index contributed by atoms with van der Waals surface area (Å²) in [6.45, 7) is 6.59. The highest BCUT2D eigenvalue weighted by Crippen LogP contribution is 2.16. The highest BCUT2D eigenvalue weighted by atomic mass is 16.5. The third-order valence-corrected chi connectivity index (χ3v) is 2.79. The molecule has 0 aliphatic carbocycles. The first-order chi connectivity index (χ1) is 8.78. The highest BCUT2D eigenvalue weighted by Gasteiger charge is 2.16. The average Bonchev–Trinajstić information content (AvgIpc) is 2.37. The molecule has 0 bridgehead atoms. The molecule has 1 saturated heterocycles. The van der Waals surface area contributed by atoms with E-state index in [1.807, 2.05) is 13.0 Å². The van der Waals surface area contributed by atoms with Crippen molar-refractivity contribution in [2.24, 2.45) is 0 Å². The topological polar surface area (TPSA) is 56.3 Å². The molecule has 1 unspecified atom stereocenters. The smallest absolute Gasteiger partial charge is 0.320 e. The zero-order valence-electron chi connectivity index (χ0n) is 11.1. The fourth-order valence-corrected chi connectivity index (χ4v) is 1.92. The van der Waals surface area contributed by atoms with Crippen molar-refractivity contribution in [2.45, 2.75) is 39.2 Å². The van der Waals surface area contributed by atoms with E-state index in [1.54, 1.807) is 0 Å². The molecule has 1 atom stereocenters. The SMILES string of the molecule is CCCOc1cc(C)nc(OC2CCCNC2)n1. The molecule has 2 rings (SSSR count). The fourth-order valence-electron chi connectivity index (χ4n) is 1.92. The van der Waals surface area contributed by atoms with E-state index >= 15 is 0 Å². The molecule has 100 valence electrons. The summed E-state index contributed by atoms with van der Waals surface area (Å²) >= 11 is 0. The van der Waals surface area contributed by atoms with Gasteiger partial charge in [-0.05, 0) is 32.7 Å². The largest absolute Gasteiger partial charge is 0.478 e. The van der Waals surface area contributed by atoms with Gasteiger partial charge in [-0.1, -0.05) is 6.92 Å². The number of nitrogens with one attached hydrogen (secondary N) is 1. The summed E-state index contributed by atoms with van der Waals surface area (Å²) in [7, 11) is 0. The zero-order chi connectivity index (χ0) is 12.8. The molecule has 1 aliphatic rings. The lowest BCUT2D eigenvalue weighted by Crippen LogP contribution is -2.37. The monoisotopic (exact) mass is 251 g/mol. The Morgan fingerprint density at radius 3 is 3.06 bits per heavy atom. The number of rotatable bonds is 5. The molecule has 0 radical (unpaired) electrons. The van der Waals surface area contributed by atoms with Crippen molar-refractivity contribution in [2.75, 3.05) is 19.7 Å². The molecule has 1 aliphatic heterocycles. The molecule has 1 N–H and O–H groups in total. The van der Waals surface area contributed by atoms with Crippen molar-refractivity contribution in [3.63, 3.8) is 0 Å². The third kappa shape index (κ3) is 3.84. The first kappa shape index (κ1) is 13.1. The summed E-state index contributed by atoms with van der Waals surface area (Å²) in [5.74, 6) is 0.600. The molecule has 1 aromatic rings. The lowest BCUT2D eigenvalue weighted by atomic mass is 10.1. The molecule has 0 saturated carbocycles. The average molecular weight is 251 g/mol. The Bertz CT molecular complexity index is 378. The number of hydrogen-bond donors (Lipinski definition) is 1. The van der Waals surface area contributed by atoms with Crippen LogP contribution in [0.5, 0.6) is 11.9 Å². The second-order valence-corrected chi connectivity index (χ2v) is 4.56. The summed E-state index contributed by atoms with van der Waals surface area (Å²) in [4.78, 5) is 8.58. The molecule has 0 amide bonds. The normalized spacial score (nSPS) is 19.6. The number of piperidine rings is 1. The number of hydrogen-bond acceptors (Lipinski definition) is 5. The molecule has 18 heavy (non-hydrogen) atoms. The van der Waals surface area contributed by atoms with Gasteiger partial charge in [0.25, 0.3) is 0 Å². The minimum absolute atomic E-state index is 0.166. The second kappa shape index (κ2) is 6.54. The standard InChI is InChI=1S/C13H21N3O2/c1-3-7-17-12-8-10(2)15-13(16-12)18-11-5-4-6-14-9-11/h8,11,14H,3-7,9H2,1-2H3. The molecule has 1 fully saturated rings. The van der Waals surface area contributed by atoms with E-state index < -0.39 is 0 Å². The lowest BCUT2D eigenvalue weighted by molar-refractivity contribution is 0.150. The van der Waals surface area contributed by atoms with Gasteiger partial charge < -0.3 is 14.8 Å². The predicted molar refractivity (Wildman–Crippen MR) is 69.1 cm³/mol. The molecular formula is C13H21N3O2. The van der Waals surface area contributed by atoms with Crippen LogP contribution in [-0.4, -0.2) is 35.8 Å². The van der Waals surface area contributed by atoms with Gasteiger partial charge >= 0.3 is 6.01 Å². The van der Waals surface area contributed by atoms with Crippen LogP contribution < -0.4 is 14.8 Å². The van der Waals surface area contributed by atoms with Crippen LogP contribution in [0.4, 0.5) is 0 Å². The zero-order valence-corrected chi connectivity index (χ0v) is 11.1. The van der Waals surface area contributed by atoms with Crippen molar-refractivity contribution in [1.29, 1.82) is 0 Å². The molecule has 1 aromatic heterocycles. The van der Waals surface area contributed by atoms with Crippen molar-refractivity contribution in [3.05, 3.63) is 11.8 Å². The molecule has 5 heteroatoms. The summed E-state index contributed by atoms with van der Waals surface area (Å²) < 4.78 is 11.3. The van der Waals surface area contributed by atoms with Gasteiger partial charge in [0.05, 0.1) is 6.61 Å².